The number of hydrogen-bond acceptors (Lipinski definition) is 4. The van der Waals surface area contributed by atoms with E-state index in [9.17, 15) is 5.26 Å². The van der Waals surface area contributed by atoms with Crippen molar-refractivity contribution in [2.24, 2.45) is 0 Å². The van der Waals surface area contributed by atoms with Gasteiger partial charge in [0.1, 0.15) is 17.2 Å². The van der Waals surface area contributed by atoms with Crippen molar-refractivity contribution in [1.82, 2.24) is 18.9 Å². The minimum absolute atomic E-state index is 0.435. The highest BCUT2D eigenvalue weighted by Crippen LogP contribution is 2.47. The Kier molecular flexibility index (Phi) is 6.42. The first-order valence-corrected chi connectivity index (χ1v) is 19.7. The second-order valence-corrected chi connectivity index (χ2v) is 15.2. The van der Waals surface area contributed by atoms with Gasteiger partial charge in [0.25, 0.3) is 0 Å². The molecule has 0 fully saturated rings. The van der Waals surface area contributed by atoms with E-state index in [0.717, 1.165) is 55.3 Å². The van der Waals surface area contributed by atoms with E-state index in [4.69, 9.17) is 14.4 Å². The number of benzene rings is 8. The van der Waals surface area contributed by atoms with Gasteiger partial charge in [-0.3, -0.25) is 0 Å². The number of aromatic nitrogens is 4. The monoisotopic (exact) mass is 751 g/mol. The standard InChI is InChI=1S/C53H29N5O/c54-30-39-49(31-14-3-1-4-15-31)55-53(56-50(39)32-16-5-2-6-17-32)38-26-27-44(52-46(38)36-20-9-12-25-45(36)59-52)57-41-24-11-8-19-35(41)47-42(57)28-29-43-48(47)37-22-13-21-34-33-18-7-10-23-40(33)58(43)51(34)37/h1-29H. The largest absolute Gasteiger partial charge is 0.454 e. The molecule has 0 saturated carbocycles. The highest BCUT2D eigenvalue weighted by atomic mass is 16.3. The molecule has 272 valence electrons. The Morgan fingerprint density at radius 3 is 1.80 bits per heavy atom. The lowest BCUT2D eigenvalue weighted by Crippen LogP contribution is -2.02. The quantitative estimate of drug-likeness (QED) is 0.179. The van der Waals surface area contributed by atoms with E-state index < -0.39 is 0 Å². The average Bonchev–Trinajstić information content (AvgIpc) is 4.05. The van der Waals surface area contributed by atoms with Crippen LogP contribution in [0.1, 0.15) is 5.56 Å². The number of nitriles is 1. The molecule has 0 radical (unpaired) electrons. The van der Waals surface area contributed by atoms with Crippen LogP contribution in [0.15, 0.2) is 180 Å². The average molecular weight is 752 g/mol. The van der Waals surface area contributed by atoms with E-state index in [2.05, 4.69) is 112 Å². The molecule has 6 nitrogen and oxygen atoms in total. The van der Waals surface area contributed by atoms with Gasteiger partial charge in [-0.25, -0.2) is 9.97 Å². The van der Waals surface area contributed by atoms with E-state index in [1.807, 2.05) is 78.9 Å². The van der Waals surface area contributed by atoms with Crippen LogP contribution in [0.2, 0.25) is 0 Å². The van der Waals surface area contributed by atoms with Crippen molar-refractivity contribution in [2.45, 2.75) is 0 Å². The third-order valence-electron chi connectivity index (χ3n) is 12.1. The van der Waals surface area contributed by atoms with Gasteiger partial charge in [-0.05, 0) is 42.5 Å². The Labute approximate surface area is 336 Å². The number of para-hydroxylation sites is 4. The van der Waals surface area contributed by atoms with Gasteiger partial charge in [0.15, 0.2) is 11.4 Å². The molecular weight excluding hydrogens is 723 g/mol. The Bertz CT molecular complexity index is 3840. The first-order valence-electron chi connectivity index (χ1n) is 19.7. The van der Waals surface area contributed by atoms with Gasteiger partial charge in [-0.1, -0.05) is 133 Å². The summed E-state index contributed by atoms with van der Waals surface area (Å²) in [5, 5.41) is 19.9. The van der Waals surface area contributed by atoms with Gasteiger partial charge >= 0.3 is 0 Å². The first-order chi connectivity index (χ1) is 29.3. The third-order valence-corrected chi connectivity index (χ3v) is 12.1. The number of hydrogen-bond donors (Lipinski definition) is 0. The summed E-state index contributed by atoms with van der Waals surface area (Å²) in [7, 11) is 0. The van der Waals surface area contributed by atoms with E-state index in [-0.39, 0.29) is 0 Å². The minimum atomic E-state index is 0.435. The molecule has 59 heavy (non-hydrogen) atoms. The molecule has 0 N–H and O–H groups in total. The van der Waals surface area contributed by atoms with Crippen LogP contribution in [0.25, 0.3) is 121 Å². The maximum atomic E-state index is 10.6. The molecule has 0 amide bonds. The van der Waals surface area contributed by atoms with Gasteiger partial charge in [-0.15, -0.1) is 0 Å². The normalized spacial score (nSPS) is 12.1. The second kappa shape index (κ2) is 11.9. The molecule has 8 aromatic carbocycles. The predicted octanol–water partition coefficient (Wildman–Crippen LogP) is 13.5. The highest BCUT2D eigenvalue weighted by molar-refractivity contribution is 6.33. The lowest BCUT2D eigenvalue weighted by Gasteiger charge is -2.14. The van der Waals surface area contributed by atoms with Crippen LogP contribution in [0.5, 0.6) is 0 Å². The first kappa shape index (κ1) is 31.9. The summed E-state index contributed by atoms with van der Waals surface area (Å²) in [5.41, 5.74) is 12.4. The molecule has 5 aromatic heterocycles. The Morgan fingerprint density at radius 1 is 0.458 bits per heavy atom. The zero-order chi connectivity index (χ0) is 38.8. The van der Waals surface area contributed by atoms with Crippen molar-refractivity contribution in [3.05, 3.63) is 181 Å². The molecule has 0 saturated heterocycles. The highest BCUT2D eigenvalue weighted by Gasteiger charge is 2.26. The number of fused-ring (bicyclic) bond motifs is 13. The van der Waals surface area contributed by atoms with Crippen molar-refractivity contribution in [2.75, 3.05) is 0 Å². The fourth-order valence-corrected chi connectivity index (χ4v) is 9.71. The van der Waals surface area contributed by atoms with Crippen molar-refractivity contribution in [3.8, 4) is 45.7 Å². The third kappa shape index (κ3) is 4.28. The van der Waals surface area contributed by atoms with Gasteiger partial charge in [0.05, 0.1) is 44.7 Å². The maximum Gasteiger partial charge on any atom is 0.161 e. The molecule has 13 aromatic rings. The molecule has 0 bridgehead atoms. The summed E-state index contributed by atoms with van der Waals surface area (Å²) in [4.78, 5) is 10.4. The summed E-state index contributed by atoms with van der Waals surface area (Å²) in [6.07, 6.45) is 0. The number of rotatable bonds is 4. The molecule has 6 heteroatoms. The molecule has 5 heterocycles. The zero-order valence-electron chi connectivity index (χ0n) is 31.4. The summed E-state index contributed by atoms with van der Waals surface area (Å²) >= 11 is 0. The Morgan fingerprint density at radius 2 is 1.05 bits per heavy atom. The molecule has 0 aliphatic rings. The molecule has 0 spiro atoms. The Balaban J connectivity index is 1.14. The molecule has 0 aliphatic carbocycles. The van der Waals surface area contributed by atoms with Crippen molar-refractivity contribution >= 4 is 81.8 Å². The zero-order valence-corrected chi connectivity index (χ0v) is 31.4. The van der Waals surface area contributed by atoms with Crippen molar-refractivity contribution in [3.63, 3.8) is 0 Å². The summed E-state index contributed by atoms with van der Waals surface area (Å²) in [6, 6.07) is 63.3. The molecular formula is C53H29N5O. The molecule has 0 atom stereocenters. The lowest BCUT2D eigenvalue weighted by atomic mass is 9.99. The van der Waals surface area contributed by atoms with Crippen LogP contribution in [-0.4, -0.2) is 18.9 Å². The Hall–Kier alpha value is -8.27. The van der Waals surface area contributed by atoms with E-state index in [1.165, 1.54) is 48.9 Å². The van der Waals surface area contributed by atoms with Crippen LogP contribution < -0.4 is 0 Å². The van der Waals surface area contributed by atoms with Crippen LogP contribution in [0.4, 0.5) is 0 Å². The van der Waals surface area contributed by atoms with Crippen LogP contribution >= 0.6 is 0 Å². The minimum Gasteiger partial charge on any atom is -0.454 e. The van der Waals surface area contributed by atoms with Crippen LogP contribution in [-0.2, 0) is 0 Å². The van der Waals surface area contributed by atoms with Crippen LogP contribution in [0, 0.1) is 11.3 Å². The fourth-order valence-electron chi connectivity index (χ4n) is 9.71. The SMILES string of the molecule is N#Cc1c(-c2ccccc2)nc(-c2ccc(-n3c4ccccc4c4c5c6cccc7c8ccccc8n(c5ccc43)c76)c3oc4ccccc4c23)nc1-c1ccccc1. The predicted molar refractivity (Wildman–Crippen MR) is 239 cm³/mol. The summed E-state index contributed by atoms with van der Waals surface area (Å²) < 4.78 is 11.7. The second-order valence-electron chi connectivity index (χ2n) is 15.2. The van der Waals surface area contributed by atoms with E-state index in [0.29, 0.717) is 22.8 Å². The maximum absolute atomic E-state index is 10.6. The smallest absolute Gasteiger partial charge is 0.161 e. The van der Waals surface area contributed by atoms with Crippen LogP contribution in [0.3, 0.4) is 0 Å². The topological polar surface area (TPSA) is 72.0 Å². The van der Waals surface area contributed by atoms with E-state index >= 15 is 0 Å². The van der Waals surface area contributed by atoms with Crippen molar-refractivity contribution in [1.29, 1.82) is 5.26 Å². The number of nitrogens with zero attached hydrogens (tertiary/aromatic N) is 5. The summed E-state index contributed by atoms with van der Waals surface area (Å²) in [5.74, 6) is 0.520. The number of furan rings is 1. The summed E-state index contributed by atoms with van der Waals surface area (Å²) in [6.45, 7) is 0. The van der Waals surface area contributed by atoms with Gasteiger partial charge in [-0.2, -0.15) is 5.26 Å². The molecule has 0 aliphatic heterocycles. The van der Waals surface area contributed by atoms with Crippen molar-refractivity contribution < 1.29 is 4.42 Å². The van der Waals surface area contributed by atoms with Gasteiger partial charge < -0.3 is 13.4 Å². The van der Waals surface area contributed by atoms with Gasteiger partial charge in [0, 0.05) is 59.8 Å². The van der Waals surface area contributed by atoms with E-state index in [1.54, 1.807) is 0 Å². The lowest BCUT2D eigenvalue weighted by molar-refractivity contribution is 0.666. The molecule has 13 rings (SSSR count). The van der Waals surface area contributed by atoms with Gasteiger partial charge in [0.2, 0.25) is 0 Å². The fraction of sp³-hybridized carbons (Fsp3) is 0. The molecule has 0 unspecified atom stereocenters.